The second-order valence-electron chi connectivity index (χ2n) is 6.73. The molecule has 0 saturated carbocycles. The topological polar surface area (TPSA) is 52.6 Å². The monoisotopic (exact) mass is 352 g/mol. The van der Waals surface area contributed by atoms with Crippen LogP contribution in [0, 0.1) is 0 Å². The van der Waals surface area contributed by atoms with E-state index in [9.17, 15) is 9.59 Å². The van der Waals surface area contributed by atoms with E-state index in [2.05, 4.69) is 12.1 Å². The highest BCUT2D eigenvalue weighted by Gasteiger charge is 2.13. The van der Waals surface area contributed by atoms with E-state index in [1.165, 1.54) is 30.9 Å². The van der Waals surface area contributed by atoms with Crippen molar-refractivity contribution < 1.29 is 19.1 Å². The average molecular weight is 352 g/mol. The van der Waals surface area contributed by atoms with E-state index in [1.54, 1.807) is 25.3 Å². The summed E-state index contributed by atoms with van der Waals surface area (Å²) in [6, 6.07) is 11.4. The Hall–Kier alpha value is -2.62. The molecule has 0 heterocycles. The first-order valence-electron chi connectivity index (χ1n) is 9.01. The maximum atomic E-state index is 12.2. The van der Waals surface area contributed by atoms with E-state index in [-0.39, 0.29) is 24.8 Å². The molecule has 4 heteroatoms. The maximum absolute atomic E-state index is 12.2. The number of Topliss-reactive ketones (excluding diaryl/α,β-unsaturated/α-hetero) is 1. The van der Waals surface area contributed by atoms with Crippen LogP contribution < -0.4 is 4.74 Å². The van der Waals surface area contributed by atoms with Crippen LogP contribution in [0.3, 0.4) is 0 Å². The summed E-state index contributed by atoms with van der Waals surface area (Å²) in [5.41, 5.74) is 5.02. The van der Waals surface area contributed by atoms with Crippen LogP contribution in [0.15, 0.2) is 36.4 Å². The molecule has 0 fully saturated rings. The molecule has 2 aromatic carbocycles. The number of rotatable bonds is 6. The minimum Gasteiger partial charge on any atom is -0.496 e. The van der Waals surface area contributed by atoms with Crippen molar-refractivity contribution in [2.45, 2.75) is 45.6 Å². The fourth-order valence-electron chi connectivity index (χ4n) is 3.38. The first-order valence-corrected chi connectivity index (χ1v) is 9.01. The van der Waals surface area contributed by atoms with Crippen molar-refractivity contribution in [1.29, 1.82) is 0 Å². The number of carbonyl (C=O) groups is 2. The Morgan fingerprint density at radius 3 is 2.50 bits per heavy atom. The number of ether oxygens (including phenoxy) is 2. The highest BCUT2D eigenvalue weighted by atomic mass is 16.5. The molecule has 0 saturated heterocycles. The Morgan fingerprint density at radius 2 is 1.77 bits per heavy atom. The van der Waals surface area contributed by atoms with Crippen molar-refractivity contribution in [3.8, 4) is 5.75 Å². The molecule has 1 aliphatic carbocycles. The molecule has 0 N–H and O–H groups in total. The van der Waals surface area contributed by atoms with Gasteiger partial charge in [0.25, 0.3) is 0 Å². The fourth-order valence-corrected chi connectivity index (χ4v) is 3.38. The Morgan fingerprint density at radius 1 is 1.00 bits per heavy atom. The SMILES string of the molecule is COc1ccc(C(C)=O)cc1COC(=O)Cc1ccc2c(c1)CCCC2. The third-order valence-corrected chi connectivity index (χ3v) is 4.84. The zero-order valence-electron chi connectivity index (χ0n) is 15.3. The van der Waals surface area contributed by atoms with E-state index in [0.29, 0.717) is 16.9 Å². The molecule has 0 spiro atoms. The number of benzene rings is 2. The van der Waals surface area contributed by atoms with Crippen LogP contribution in [-0.2, 0) is 35.4 Å². The first-order chi connectivity index (χ1) is 12.6. The van der Waals surface area contributed by atoms with Crippen molar-refractivity contribution in [2.24, 2.45) is 0 Å². The Kier molecular flexibility index (Phi) is 5.71. The van der Waals surface area contributed by atoms with Gasteiger partial charge in [-0.1, -0.05) is 18.2 Å². The van der Waals surface area contributed by atoms with E-state index in [1.807, 2.05) is 6.07 Å². The van der Waals surface area contributed by atoms with Gasteiger partial charge >= 0.3 is 5.97 Å². The number of esters is 1. The van der Waals surface area contributed by atoms with Crippen LogP contribution >= 0.6 is 0 Å². The highest BCUT2D eigenvalue weighted by molar-refractivity contribution is 5.94. The molecule has 4 nitrogen and oxygen atoms in total. The normalized spacial score (nSPS) is 13.0. The quantitative estimate of drug-likeness (QED) is 0.581. The summed E-state index contributed by atoms with van der Waals surface area (Å²) in [6.07, 6.45) is 4.93. The van der Waals surface area contributed by atoms with E-state index in [0.717, 1.165) is 18.4 Å². The van der Waals surface area contributed by atoms with Gasteiger partial charge in [-0.05, 0) is 67.5 Å². The van der Waals surface area contributed by atoms with Crippen LogP contribution in [0.4, 0.5) is 0 Å². The second kappa shape index (κ2) is 8.17. The van der Waals surface area contributed by atoms with Gasteiger partial charge in [-0.15, -0.1) is 0 Å². The predicted molar refractivity (Wildman–Crippen MR) is 99.6 cm³/mol. The molecule has 3 rings (SSSR count). The molecule has 0 bridgehead atoms. The average Bonchev–Trinajstić information content (AvgIpc) is 2.66. The molecule has 0 amide bonds. The van der Waals surface area contributed by atoms with Gasteiger partial charge in [0.15, 0.2) is 5.78 Å². The summed E-state index contributed by atoms with van der Waals surface area (Å²) >= 11 is 0. The van der Waals surface area contributed by atoms with Gasteiger partial charge < -0.3 is 9.47 Å². The molecule has 1 aliphatic rings. The maximum Gasteiger partial charge on any atom is 0.310 e. The molecule has 136 valence electrons. The zero-order chi connectivity index (χ0) is 18.5. The summed E-state index contributed by atoms with van der Waals surface area (Å²) in [6.45, 7) is 1.60. The number of hydrogen-bond acceptors (Lipinski definition) is 4. The lowest BCUT2D eigenvalue weighted by Gasteiger charge is -2.16. The van der Waals surface area contributed by atoms with Gasteiger partial charge in [0.05, 0.1) is 13.5 Å². The molecular formula is C22H24O4. The van der Waals surface area contributed by atoms with Gasteiger partial charge in [0.1, 0.15) is 12.4 Å². The lowest BCUT2D eigenvalue weighted by atomic mass is 9.90. The smallest absolute Gasteiger partial charge is 0.310 e. The molecule has 0 unspecified atom stereocenters. The summed E-state index contributed by atoms with van der Waals surface area (Å²) in [5.74, 6) is 0.293. The summed E-state index contributed by atoms with van der Waals surface area (Å²) in [5, 5.41) is 0. The number of hydrogen-bond donors (Lipinski definition) is 0. The van der Waals surface area contributed by atoms with E-state index in [4.69, 9.17) is 9.47 Å². The van der Waals surface area contributed by atoms with Crippen LogP contribution in [0.1, 0.15) is 52.4 Å². The standard InChI is InChI=1S/C22H24O4/c1-15(23)18-9-10-21(25-2)20(13-18)14-26-22(24)12-16-7-8-17-5-3-4-6-19(17)11-16/h7-11,13H,3-6,12,14H2,1-2H3. The molecule has 0 radical (unpaired) electrons. The Bertz CT molecular complexity index is 823. The Labute approximate surface area is 154 Å². The zero-order valence-corrected chi connectivity index (χ0v) is 15.3. The number of aryl methyl sites for hydroxylation is 2. The van der Waals surface area contributed by atoms with Crippen LogP contribution in [0.25, 0.3) is 0 Å². The van der Waals surface area contributed by atoms with Crippen molar-refractivity contribution in [2.75, 3.05) is 7.11 Å². The van der Waals surface area contributed by atoms with Crippen molar-refractivity contribution in [1.82, 2.24) is 0 Å². The minimum absolute atomic E-state index is 0.0331. The van der Waals surface area contributed by atoms with E-state index < -0.39 is 0 Å². The number of methoxy groups -OCH3 is 1. The van der Waals surface area contributed by atoms with Gasteiger partial charge in [-0.2, -0.15) is 0 Å². The second-order valence-corrected chi connectivity index (χ2v) is 6.73. The first kappa shape index (κ1) is 18.2. The molecule has 0 aromatic heterocycles. The molecule has 26 heavy (non-hydrogen) atoms. The van der Waals surface area contributed by atoms with Gasteiger partial charge in [0.2, 0.25) is 0 Å². The van der Waals surface area contributed by atoms with Crippen molar-refractivity contribution >= 4 is 11.8 Å². The van der Waals surface area contributed by atoms with Crippen molar-refractivity contribution in [3.05, 3.63) is 64.2 Å². The predicted octanol–water partition coefficient (Wildman–Crippen LogP) is 4.06. The molecule has 2 aromatic rings. The number of fused-ring (bicyclic) bond motifs is 1. The van der Waals surface area contributed by atoms with Gasteiger partial charge in [0, 0.05) is 11.1 Å². The summed E-state index contributed by atoms with van der Waals surface area (Å²) < 4.78 is 10.7. The number of ketones is 1. The molecular weight excluding hydrogens is 328 g/mol. The Balaban J connectivity index is 1.64. The lowest BCUT2D eigenvalue weighted by molar-refractivity contribution is -0.144. The van der Waals surface area contributed by atoms with Gasteiger partial charge in [-0.3, -0.25) is 9.59 Å². The van der Waals surface area contributed by atoms with Crippen LogP contribution in [0.2, 0.25) is 0 Å². The highest BCUT2D eigenvalue weighted by Crippen LogP contribution is 2.23. The summed E-state index contributed by atoms with van der Waals surface area (Å²) in [7, 11) is 1.56. The minimum atomic E-state index is -0.281. The van der Waals surface area contributed by atoms with Gasteiger partial charge in [-0.25, -0.2) is 0 Å². The summed E-state index contributed by atoms with van der Waals surface area (Å²) in [4.78, 5) is 23.8. The van der Waals surface area contributed by atoms with E-state index >= 15 is 0 Å². The fraction of sp³-hybridized carbons (Fsp3) is 0.364. The van der Waals surface area contributed by atoms with Crippen molar-refractivity contribution in [3.63, 3.8) is 0 Å². The largest absolute Gasteiger partial charge is 0.496 e. The third-order valence-electron chi connectivity index (χ3n) is 4.84. The molecule has 0 aliphatic heterocycles. The lowest BCUT2D eigenvalue weighted by Crippen LogP contribution is -2.10. The van der Waals surface area contributed by atoms with Crippen LogP contribution in [-0.4, -0.2) is 18.9 Å². The third kappa shape index (κ3) is 4.31. The number of carbonyl (C=O) groups excluding carboxylic acids is 2. The van der Waals surface area contributed by atoms with Crippen LogP contribution in [0.5, 0.6) is 5.75 Å². The molecule has 0 atom stereocenters.